The molecular formula is C12H18N4O. The predicted octanol–water partition coefficient (Wildman–Crippen LogP) is 0.757. The van der Waals surface area contributed by atoms with Crippen LogP contribution in [0.15, 0.2) is 24.5 Å². The Bertz CT molecular complexity index is 368. The standard InChI is InChI=1S/C12H18N4O/c1-10(11-2-4-13-5-3-11)14-6-8-16-9-7-15-12(16)17/h2-5,10,14H,6-9H2,1H3,(H,15,17)/t10-/m0/s1. The van der Waals surface area contributed by atoms with E-state index in [0.717, 1.165) is 26.2 Å². The molecule has 0 bridgehead atoms. The third kappa shape index (κ3) is 3.17. The molecule has 1 fully saturated rings. The molecule has 0 radical (unpaired) electrons. The molecule has 2 heterocycles. The highest BCUT2D eigenvalue weighted by Gasteiger charge is 2.18. The zero-order valence-corrected chi connectivity index (χ0v) is 10.0. The molecule has 1 aliphatic rings. The fourth-order valence-electron chi connectivity index (χ4n) is 1.91. The Kier molecular flexibility index (Phi) is 3.93. The molecule has 0 spiro atoms. The number of hydrogen-bond donors (Lipinski definition) is 2. The van der Waals surface area contributed by atoms with Gasteiger partial charge in [0.1, 0.15) is 0 Å². The van der Waals surface area contributed by atoms with Crippen molar-refractivity contribution in [1.29, 1.82) is 0 Å². The Morgan fingerprint density at radius 2 is 2.29 bits per heavy atom. The zero-order valence-electron chi connectivity index (χ0n) is 10.0. The van der Waals surface area contributed by atoms with E-state index in [4.69, 9.17) is 0 Å². The average Bonchev–Trinajstić information content (AvgIpc) is 2.76. The third-order valence-corrected chi connectivity index (χ3v) is 2.98. The average molecular weight is 234 g/mol. The summed E-state index contributed by atoms with van der Waals surface area (Å²) in [7, 11) is 0. The quantitative estimate of drug-likeness (QED) is 0.790. The fraction of sp³-hybridized carbons (Fsp3) is 0.500. The molecule has 1 aliphatic heterocycles. The molecule has 5 heteroatoms. The monoisotopic (exact) mass is 234 g/mol. The Labute approximate surface area is 101 Å². The van der Waals surface area contributed by atoms with Crippen LogP contribution in [0.3, 0.4) is 0 Å². The summed E-state index contributed by atoms with van der Waals surface area (Å²) in [5.74, 6) is 0. The first-order valence-electron chi connectivity index (χ1n) is 5.93. The number of rotatable bonds is 5. The van der Waals surface area contributed by atoms with Crippen molar-refractivity contribution in [1.82, 2.24) is 20.5 Å². The number of carbonyl (C=O) groups excluding carboxylic acids is 1. The lowest BCUT2D eigenvalue weighted by molar-refractivity contribution is 0.217. The largest absolute Gasteiger partial charge is 0.336 e. The third-order valence-electron chi connectivity index (χ3n) is 2.98. The normalized spacial score (nSPS) is 17.0. The highest BCUT2D eigenvalue weighted by molar-refractivity contribution is 5.76. The minimum absolute atomic E-state index is 0.0448. The number of hydrogen-bond acceptors (Lipinski definition) is 3. The van der Waals surface area contributed by atoms with Crippen LogP contribution in [-0.4, -0.2) is 42.1 Å². The highest BCUT2D eigenvalue weighted by atomic mass is 16.2. The van der Waals surface area contributed by atoms with Crippen LogP contribution in [0.25, 0.3) is 0 Å². The Morgan fingerprint density at radius 3 is 2.94 bits per heavy atom. The van der Waals surface area contributed by atoms with Crippen molar-refractivity contribution >= 4 is 6.03 Å². The maximum atomic E-state index is 11.3. The van der Waals surface area contributed by atoms with Gasteiger partial charge in [-0.2, -0.15) is 0 Å². The van der Waals surface area contributed by atoms with Gasteiger partial charge < -0.3 is 15.5 Å². The zero-order chi connectivity index (χ0) is 12.1. The molecular weight excluding hydrogens is 216 g/mol. The van der Waals surface area contributed by atoms with Crippen LogP contribution in [0.1, 0.15) is 18.5 Å². The predicted molar refractivity (Wildman–Crippen MR) is 65.6 cm³/mol. The maximum absolute atomic E-state index is 11.3. The lowest BCUT2D eigenvalue weighted by atomic mass is 10.1. The lowest BCUT2D eigenvalue weighted by Gasteiger charge is -2.18. The van der Waals surface area contributed by atoms with Crippen LogP contribution in [-0.2, 0) is 0 Å². The maximum Gasteiger partial charge on any atom is 0.317 e. The van der Waals surface area contributed by atoms with Crippen LogP contribution in [0.2, 0.25) is 0 Å². The number of urea groups is 1. The fourth-order valence-corrected chi connectivity index (χ4v) is 1.91. The molecule has 92 valence electrons. The van der Waals surface area contributed by atoms with Gasteiger partial charge in [0.2, 0.25) is 0 Å². The van der Waals surface area contributed by atoms with Crippen molar-refractivity contribution in [2.45, 2.75) is 13.0 Å². The first kappa shape index (κ1) is 11.9. The number of pyridine rings is 1. The second kappa shape index (κ2) is 5.63. The molecule has 0 unspecified atom stereocenters. The first-order chi connectivity index (χ1) is 8.27. The van der Waals surface area contributed by atoms with E-state index < -0.39 is 0 Å². The SMILES string of the molecule is C[C@H](NCCN1CCNC1=O)c1ccncc1. The second-order valence-electron chi connectivity index (χ2n) is 4.18. The summed E-state index contributed by atoms with van der Waals surface area (Å²) < 4.78 is 0. The van der Waals surface area contributed by atoms with Gasteiger partial charge in [-0.15, -0.1) is 0 Å². The van der Waals surface area contributed by atoms with Gasteiger partial charge in [0.15, 0.2) is 0 Å². The lowest BCUT2D eigenvalue weighted by Crippen LogP contribution is -2.35. The smallest absolute Gasteiger partial charge is 0.317 e. The molecule has 2 amide bonds. The van der Waals surface area contributed by atoms with E-state index in [0.29, 0.717) is 0 Å². The highest BCUT2D eigenvalue weighted by Crippen LogP contribution is 2.09. The molecule has 0 saturated carbocycles. The van der Waals surface area contributed by atoms with Crippen LogP contribution in [0.4, 0.5) is 4.79 Å². The van der Waals surface area contributed by atoms with Crippen molar-refractivity contribution in [3.05, 3.63) is 30.1 Å². The van der Waals surface area contributed by atoms with E-state index in [1.54, 1.807) is 12.4 Å². The second-order valence-corrected chi connectivity index (χ2v) is 4.18. The Morgan fingerprint density at radius 1 is 1.53 bits per heavy atom. The van der Waals surface area contributed by atoms with Crippen LogP contribution < -0.4 is 10.6 Å². The summed E-state index contributed by atoms with van der Waals surface area (Å²) in [6.45, 7) is 5.24. The molecule has 17 heavy (non-hydrogen) atoms. The Hall–Kier alpha value is -1.62. The van der Waals surface area contributed by atoms with E-state index >= 15 is 0 Å². The van der Waals surface area contributed by atoms with E-state index in [1.165, 1.54) is 5.56 Å². The van der Waals surface area contributed by atoms with Crippen molar-refractivity contribution in [3.63, 3.8) is 0 Å². The van der Waals surface area contributed by atoms with E-state index in [2.05, 4.69) is 22.5 Å². The molecule has 1 aromatic heterocycles. The number of aromatic nitrogens is 1. The number of carbonyl (C=O) groups is 1. The summed E-state index contributed by atoms with van der Waals surface area (Å²) in [4.78, 5) is 17.1. The summed E-state index contributed by atoms with van der Waals surface area (Å²) in [5.41, 5.74) is 1.21. The van der Waals surface area contributed by atoms with Gasteiger partial charge in [0, 0.05) is 44.6 Å². The first-order valence-corrected chi connectivity index (χ1v) is 5.93. The molecule has 0 aliphatic carbocycles. The van der Waals surface area contributed by atoms with Crippen LogP contribution in [0, 0.1) is 0 Å². The molecule has 2 N–H and O–H groups in total. The van der Waals surface area contributed by atoms with Gasteiger partial charge in [-0.25, -0.2) is 4.79 Å². The molecule has 1 saturated heterocycles. The van der Waals surface area contributed by atoms with Gasteiger partial charge >= 0.3 is 6.03 Å². The van der Waals surface area contributed by atoms with E-state index in [9.17, 15) is 4.79 Å². The topological polar surface area (TPSA) is 57.3 Å². The summed E-state index contributed by atoms with van der Waals surface area (Å²) >= 11 is 0. The van der Waals surface area contributed by atoms with Crippen molar-refractivity contribution in [3.8, 4) is 0 Å². The molecule has 1 atom stereocenters. The molecule has 5 nitrogen and oxygen atoms in total. The number of nitrogens with zero attached hydrogens (tertiary/aromatic N) is 2. The van der Waals surface area contributed by atoms with Gasteiger partial charge in [-0.1, -0.05) is 0 Å². The van der Waals surface area contributed by atoms with Crippen molar-refractivity contribution in [2.75, 3.05) is 26.2 Å². The van der Waals surface area contributed by atoms with Crippen molar-refractivity contribution < 1.29 is 4.79 Å². The van der Waals surface area contributed by atoms with Crippen LogP contribution >= 0.6 is 0 Å². The van der Waals surface area contributed by atoms with Gasteiger partial charge in [-0.3, -0.25) is 4.98 Å². The number of amides is 2. The minimum atomic E-state index is 0.0448. The summed E-state index contributed by atoms with van der Waals surface area (Å²) in [6.07, 6.45) is 3.59. The summed E-state index contributed by atoms with van der Waals surface area (Å²) in [5, 5.41) is 6.19. The van der Waals surface area contributed by atoms with Crippen LogP contribution in [0.5, 0.6) is 0 Å². The number of nitrogens with one attached hydrogen (secondary N) is 2. The molecule has 1 aromatic rings. The van der Waals surface area contributed by atoms with E-state index in [-0.39, 0.29) is 12.1 Å². The minimum Gasteiger partial charge on any atom is -0.336 e. The molecule has 0 aromatic carbocycles. The van der Waals surface area contributed by atoms with Gasteiger partial charge in [0.25, 0.3) is 0 Å². The van der Waals surface area contributed by atoms with Crippen molar-refractivity contribution in [2.24, 2.45) is 0 Å². The molecule has 2 rings (SSSR count). The van der Waals surface area contributed by atoms with Gasteiger partial charge in [-0.05, 0) is 24.6 Å². The Balaban J connectivity index is 1.73. The summed E-state index contributed by atoms with van der Waals surface area (Å²) in [6, 6.07) is 4.33. The van der Waals surface area contributed by atoms with E-state index in [1.807, 2.05) is 17.0 Å². The van der Waals surface area contributed by atoms with Gasteiger partial charge in [0.05, 0.1) is 0 Å².